The van der Waals surface area contributed by atoms with Gasteiger partial charge in [0.25, 0.3) is 0 Å². The van der Waals surface area contributed by atoms with Crippen molar-refractivity contribution in [1.29, 1.82) is 0 Å². The van der Waals surface area contributed by atoms with Gasteiger partial charge in [0.05, 0.1) is 11.6 Å². The number of Topliss-reactive ketones (excluding diaryl/α,β-unsaturated/α-hetero) is 1. The second-order valence-electron chi connectivity index (χ2n) is 9.45. The van der Waals surface area contributed by atoms with Crippen LogP contribution in [0.25, 0.3) is 10.9 Å². The molecule has 1 unspecified atom stereocenters. The van der Waals surface area contributed by atoms with Crippen molar-refractivity contribution < 1.29 is 4.79 Å². The van der Waals surface area contributed by atoms with Crippen LogP contribution in [-0.2, 0) is 11.3 Å². The van der Waals surface area contributed by atoms with Crippen LogP contribution in [0.15, 0.2) is 60.8 Å². The maximum absolute atomic E-state index is 11.6. The van der Waals surface area contributed by atoms with E-state index in [4.69, 9.17) is 0 Å². The molecule has 3 heteroatoms. The Morgan fingerprint density at radius 2 is 1.69 bits per heavy atom. The molecule has 1 heterocycles. The highest BCUT2D eigenvalue weighted by atomic mass is 16.1. The van der Waals surface area contributed by atoms with Gasteiger partial charge in [0, 0.05) is 18.1 Å². The van der Waals surface area contributed by atoms with E-state index in [0.29, 0.717) is 12.5 Å². The van der Waals surface area contributed by atoms with Gasteiger partial charge in [-0.25, -0.2) is 0 Å². The van der Waals surface area contributed by atoms with E-state index in [1.54, 1.807) is 12.5 Å². The number of benzene rings is 2. The molecule has 0 radical (unpaired) electrons. The molecule has 0 saturated heterocycles. The smallest absolute Gasteiger partial charge is 0.146 e. The van der Waals surface area contributed by atoms with Crippen molar-refractivity contribution >= 4 is 16.7 Å². The zero-order chi connectivity index (χ0) is 22.9. The molecule has 0 amide bonds. The van der Waals surface area contributed by atoms with Gasteiger partial charge in [-0.3, -0.25) is 9.78 Å². The van der Waals surface area contributed by atoms with E-state index in [2.05, 4.69) is 61.4 Å². The van der Waals surface area contributed by atoms with Crippen LogP contribution in [0.2, 0.25) is 0 Å². The minimum Gasteiger partial charge on any atom is -0.303 e. The Kier molecular flexibility index (Phi) is 8.99. The lowest BCUT2D eigenvalue weighted by Gasteiger charge is -2.21. The summed E-state index contributed by atoms with van der Waals surface area (Å²) in [5, 5.41) is 4.49. The molecule has 1 fully saturated rings. The Balaban J connectivity index is 0.000000193. The van der Waals surface area contributed by atoms with Crippen LogP contribution < -0.4 is 5.32 Å². The average molecular weight is 431 g/mol. The zero-order valence-corrected chi connectivity index (χ0v) is 20.1. The maximum Gasteiger partial charge on any atom is 0.146 e. The monoisotopic (exact) mass is 430 g/mol. The maximum atomic E-state index is 11.6. The fourth-order valence-electron chi connectivity index (χ4n) is 4.65. The Labute approximate surface area is 193 Å². The molecule has 1 N–H and O–H groups in total. The number of nitrogens with zero attached hydrogens (tertiary/aromatic N) is 1. The SMILES string of the molecule is CC(=O)C(NCc1ccnc2ccccc12)C(C)C.Cc1ccc(C2CCCCC2)cc1. The Hall–Kier alpha value is -2.52. The summed E-state index contributed by atoms with van der Waals surface area (Å²) in [4.78, 5) is 15.9. The number of nitrogens with one attached hydrogen (secondary N) is 1. The van der Waals surface area contributed by atoms with Crippen molar-refractivity contribution in [2.45, 2.75) is 78.3 Å². The molecular weight excluding hydrogens is 392 g/mol. The Morgan fingerprint density at radius 3 is 2.34 bits per heavy atom. The summed E-state index contributed by atoms with van der Waals surface area (Å²) < 4.78 is 0. The van der Waals surface area contributed by atoms with Gasteiger partial charge in [0.15, 0.2) is 0 Å². The average Bonchev–Trinajstić information content (AvgIpc) is 2.80. The number of ketones is 1. The van der Waals surface area contributed by atoms with Crippen molar-refractivity contribution in [2.75, 3.05) is 0 Å². The van der Waals surface area contributed by atoms with Crippen molar-refractivity contribution in [3.63, 3.8) is 0 Å². The first kappa shape index (κ1) is 24.1. The number of hydrogen-bond donors (Lipinski definition) is 1. The molecule has 1 atom stereocenters. The van der Waals surface area contributed by atoms with Gasteiger partial charge in [-0.2, -0.15) is 0 Å². The molecule has 170 valence electrons. The number of pyridine rings is 1. The van der Waals surface area contributed by atoms with Crippen LogP contribution in [0.3, 0.4) is 0 Å². The van der Waals surface area contributed by atoms with E-state index in [1.165, 1.54) is 43.2 Å². The lowest BCUT2D eigenvalue weighted by molar-refractivity contribution is -0.120. The van der Waals surface area contributed by atoms with E-state index in [1.807, 2.05) is 30.5 Å². The fourth-order valence-corrected chi connectivity index (χ4v) is 4.65. The van der Waals surface area contributed by atoms with E-state index < -0.39 is 0 Å². The number of hydrogen-bond acceptors (Lipinski definition) is 3. The second-order valence-corrected chi connectivity index (χ2v) is 9.45. The molecule has 1 aliphatic rings. The third-order valence-corrected chi connectivity index (χ3v) is 6.51. The van der Waals surface area contributed by atoms with E-state index >= 15 is 0 Å². The largest absolute Gasteiger partial charge is 0.303 e. The molecule has 32 heavy (non-hydrogen) atoms. The summed E-state index contributed by atoms with van der Waals surface area (Å²) >= 11 is 0. The lowest BCUT2D eigenvalue weighted by Crippen LogP contribution is -2.39. The first-order valence-electron chi connectivity index (χ1n) is 12.1. The summed E-state index contributed by atoms with van der Waals surface area (Å²) in [6.45, 7) is 8.60. The molecule has 3 aromatic rings. The molecule has 1 aromatic heterocycles. The van der Waals surface area contributed by atoms with E-state index in [0.717, 1.165) is 16.8 Å². The number of aromatic nitrogens is 1. The van der Waals surface area contributed by atoms with Gasteiger partial charge in [-0.15, -0.1) is 0 Å². The number of para-hydroxylation sites is 1. The standard InChI is InChI=1S/C16H20N2O.C13H18/c1-11(2)16(12(3)19)18-10-13-8-9-17-15-7-5-4-6-14(13)15;1-11-7-9-13(10-8-11)12-5-3-2-4-6-12/h4-9,11,16,18H,10H2,1-3H3;7-10,12H,2-6H2,1H3. The predicted octanol–water partition coefficient (Wildman–Crippen LogP) is 6.98. The van der Waals surface area contributed by atoms with Crippen LogP contribution >= 0.6 is 0 Å². The van der Waals surface area contributed by atoms with Gasteiger partial charge in [-0.05, 0) is 61.8 Å². The molecule has 0 aliphatic heterocycles. The minimum absolute atomic E-state index is 0.0908. The van der Waals surface area contributed by atoms with Crippen LogP contribution in [-0.4, -0.2) is 16.8 Å². The summed E-state index contributed by atoms with van der Waals surface area (Å²) in [5.74, 6) is 1.34. The third kappa shape index (κ3) is 6.74. The second kappa shape index (κ2) is 11.9. The van der Waals surface area contributed by atoms with Crippen molar-refractivity contribution in [3.8, 4) is 0 Å². The first-order chi connectivity index (χ1) is 15.5. The van der Waals surface area contributed by atoms with Crippen molar-refractivity contribution in [1.82, 2.24) is 10.3 Å². The van der Waals surface area contributed by atoms with Gasteiger partial charge in [0.2, 0.25) is 0 Å². The molecule has 1 saturated carbocycles. The summed E-state index contributed by atoms with van der Waals surface area (Å²) in [5.41, 5.74) is 5.10. The Bertz CT molecular complexity index is 982. The van der Waals surface area contributed by atoms with Crippen LogP contribution in [0.1, 0.15) is 75.5 Å². The topological polar surface area (TPSA) is 42.0 Å². The molecular formula is C29H38N2O. The van der Waals surface area contributed by atoms with Gasteiger partial charge < -0.3 is 5.32 Å². The molecule has 2 aromatic carbocycles. The minimum atomic E-state index is -0.0908. The van der Waals surface area contributed by atoms with E-state index in [-0.39, 0.29) is 11.8 Å². The molecule has 0 spiro atoms. The summed E-state index contributed by atoms with van der Waals surface area (Å²) in [7, 11) is 0. The number of rotatable bonds is 6. The number of carbonyl (C=O) groups excluding carboxylic acids is 1. The molecule has 0 bridgehead atoms. The highest BCUT2D eigenvalue weighted by molar-refractivity contribution is 5.83. The van der Waals surface area contributed by atoms with Crippen LogP contribution in [0, 0.1) is 12.8 Å². The Morgan fingerprint density at radius 1 is 1.00 bits per heavy atom. The molecule has 1 aliphatic carbocycles. The van der Waals surface area contributed by atoms with Crippen LogP contribution in [0.4, 0.5) is 0 Å². The quantitative estimate of drug-likeness (QED) is 0.458. The van der Waals surface area contributed by atoms with Gasteiger partial charge in [-0.1, -0.05) is 81.1 Å². The van der Waals surface area contributed by atoms with Crippen LogP contribution in [0.5, 0.6) is 0 Å². The first-order valence-corrected chi connectivity index (χ1v) is 12.1. The highest BCUT2D eigenvalue weighted by Crippen LogP contribution is 2.32. The van der Waals surface area contributed by atoms with Gasteiger partial charge in [0.1, 0.15) is 5.78 Å². The predicted molar refractivity (Wildman–Crippen MR) is 135 cm³/mol. The number of carbonyl (C=O) groups is 1. The molecule has 3 nitrogen and oxygen atoms in total. The highest BCUT2D eigenvalue weighted by Gasteiger charge is 2.17. The summed E-state index contributed by atoms with van der Waals surface area (Å²) in [6.07, 6.45) is 8.93. The van der Waals surface area contributed by atoms with Gasteiger partial charge >= 0.3 is 0 Å². The number of aryl methyl sites for hydroxylation is 1. The third-order valence-electron chi connectivity index (χ3n) is 6.51. The summed E-state index contributed by atoms with van der Waals surface area (Å²) in [6, 6.07) is 19.1. The molecule has 4 rings (SSSR count). The lowest BCUT2D eigenvalue weighted by atomic mass is 9.84. The normalized spacial score (nSPS) is 15.3. The van der Waals surface area contributed by atoms with Crippen molar-refractivity contribution in [3.05, 3.63) is 77.5 Å². The fraction of sp³-hybridized carbons (Fsp3) is 0.448. The number of fused-ring (bicyclic) bond motifs is 1. The van der Waals surface area contributed by atoms with Crippen molar-refractivity contribution in [2.24, 2.45) is 5.92 Å². The van der Waals surface area contributed by atoms with E-state index in [9.17, 15) is 4.79 Å². The zero-order valence-electron chi connectivity index (χ0n) is 20.1.